The van der Waals surface area contributed by atoms with Crippen molar-refractivity contribution in [2.24, 2.45) is 18.4 Å². The highest BCUT2D eigenvalue weighted by Crippen LogP contribution is 2.60. The Morgan fingerprint density at radius 1 is 1.39 bits per heavy atom. The molecule has 1 aliphatic heterocycles. The van der Waals surface area contributed by atoms with Crippen molar-refractivity contribution in [2.75, 3.05) is 6.61 Å². The number of aromatic nitrogens is 2. The summed E-state index contributed by atoms with van der Waals surface area (Å²) >= 11 is 0. The van der Waals surface area contributed by atoms with E-state index in [4.69, 9.17) is 4.74 Å². The topological polar surface area (TPSA) is 39.1 Å². The molecular weight excluding hydrogens is 307 g/mol. The summed E-state index contributed by atoms with van der Waals surface area (Å²) in [7, 11) is 1.53. The minimum Gasteiger partial charge on any atom is -0.377 e. The van der Waals surface area contributed by atoms with Crippen molar-refractivity contribution in [1.29, 1.82) is 0 Å². The highest BCUT2D eigenvalue weighted by atomic mass is 19.4. The molecule has 23 heavy (non-hydrogen) atoms. The van der Waals surface area contributed by atoms with Crippen molar-refractivity contribution in [3.63, 3.8) is 0 Å². The first kappa shape index (κ1) is 15.4. The van der Waals surface area contributed by atoms with Gasteiger partial charge in [0.2, 0.25) is 0 Å². The van der Waals surface area contributed by atoms with E-state index in [1.807, 2.05) is 0 Å². The van der Waals surface area contributed by atoms with Gasteiger partial charge in [0.15, 0.2) is 5.69 Å². The van der Waals surface area contributed by atoms with Gasteiger partial charge in [0.05, 0.1) is 6.10 Å². The van der Waals surface area contributed by atoms with E-state index >= 15 is 0 Å². The Morgan fingerprint density at radius 2 is 2.13 bits per heavy atom. The molecule has 128 valence electrons. The molecule has 0 amide bonds. The lowest BCUT2D eigenvalue weighted by atomic mass is 9.54. The van der Waals surface area contributed by atoms with E-state index in [9.17, 15) is 13.2 Å². The standard InChI is InChI=1S/C16H22F3N3O/c1-22-9-10(12(21-22)16(17,18)19)8-20-13-11-4-7-23-14(11)15(13)5-2-3-6-15/h9,11,13-14,20H,2-8H2,1H3/t11-,13?,14-/m1/s1. The zero-order chi connectivity index (χ0) is 16.2. The molecule has 3 aliphatic rings. The van der Waals surface area contributed by atoms with E-state index in [0.29, 0.717) is 12.0 Å². The molecule has 0 bridgehead atoms. The van der Waals surface area contributed by atoms with E-state index in [1.165, 1.54) is 30.8 Å². The Labute approximate surface area is 133 Å². The Balaban J connectivity index is 1.51. The van der Waals surface area contributed by atoms with Crippen LogP contribution in [0.2, 0.25) is 0 Å². The van der Waals surface area contributed by atoms with Crippen molar-refractivity contribution in [3.05, 3.63) is 17.5 Å². The summed E-state index contributed by atoms with van der Waals surface area (Å²) in [5, 5.41) is 7.02. The maximum Gasteiger partial charge on any atom is 0.435 e. The molecule has 2 heterocycles. The fourth-order valence-electron chi connectivity index (χ4n) is 5.13. The van der Waals surface area contributed by atoms with Crippen LogP contribution in [0.4, 0.5) is 13.2 Å². The van der Waals surface area contributed by atoms with Crippen LogP contribution in [0.5, 0.6) is 0 Å². The summed E-state index contributed by atoms with van der Waals surface area (Å²) in [6, 6.07) is 0.277. The number of fused-ring (bicyclic) bond motifs is 2. The molecule has 7 heteroatoms. The van der Waals surface area contributed by atoms with Crippen LogP contribution in [0.1, 0.15) is 43.4 Å². The second-order valence-electron chi connectivity index (χ2n) is 7.22. The second kappa shape index (κ2) is 5.21. The SMILES string of the molecule is Cn1cc(CNC2[C@H]3CCO[C@H]3C23CCCC3)c(C(F)(F)F)n1. The third-order valence-corrected chi connectivity index (χ3v) is 5.97. The molecule has 1 aromatic heterocycles. The number of alkyl halides is 3. The number of halogens is 3. The number of ether oxygens (including phenoxy) is 1. The second-order valence-corrected chi connectivity index (χ2v) is 7.22. The van der Waals surface area contributed by atoms with Crippen LogP contribution in [0, 0.1) is 11.3 Å². The third-order valence-electron chi connectivity index (χ3n) is 5.97. The first-order valence-electron chi connectivity index (χ1n) is 8.36. The monoisotopic (exact) mass is 329 g/mol. The molecule has 1 saturated heterocycles. The van der Waals surface area contributed by atoms with Crippen LogP contribution in [0.15, 0.2) is 6.20 Å². The summed E-state index contributed by atoms with van der Waals surface area (Å²) in [4.78, 5) is 0. The lowest BCUT2D eigenvalue weighted by Crippen LogP contribution is -2.67. The molecule has 0 radical (unpaired) electrons. The lowest BCUT2D eigenvalue weighted by Gasteiger charge is -2.57. The van der Waals surface area contributed by atoms with Gasteiger partial charge >= 0.3 is 6.18 Å². The minimum atomic E-state index is -4.40. The van der Waals surface area contributed by atoms with Gasteiger partial charge in [-0.3, -0.25) is 4.68 Å². The number of hydrogen-bond acceptors (Lipinski definition) is 3. The van der Waals surface area contributed by atoms with Gasteiger partial charge in [-0.1, -0.05) is 12.8 Å². The average molecular weight is 329 g/mol. The quantitative estimate of drug-likeness (QED) is 0.927. The molecular formula is C16H22F3N3O. The number of nitrogens with one attached hydrogen (secondary N) is 1. The van der Waals surface area contributed by atoms with Crippen molar-refractivity contribution in [3.8, 4) is 0 Å². The highest BCUT2D eigenvalue weighted by molar-refractivity contribution is 5.22. The zero-order valence-corrected chi connectivity index (χ0v) is 13.2. The zero-order valence-electron chi connectivity index (χ0n) is 13.2. The minimum absolute atomic E-state index is 0.155. The van der Waals surface area contributed by atoms with E-state index in [1.54, 1.807) is 0 Å². The van der Waals surface area contributed by atoms with Crippen LogP contribution < -0.4 is 5.32 Å². The summed E-state index contributed by atoms with van der Waals surface area (Å²) in [5.41, 5.74) is -0.385. The third kappa shape index (κ3) is 2.31. The molecule has 1 N–H and O–H groups in total. The van der Waals surface area contributed by atoms with Gasteiger partial charge in [-0.05, 0) is 19.3 Å². The lowest BCUT2D eigenvalue weighted by molar-refractivity contribution is -0.143. The molecule has 2 saturated carbocycles. The first-order valence-corrected chi connectivity index (χ1v) is 8.36. The first-order chi connectivity index (χ1) is 10.9. The van der Waals surface area contributed by atoms with Crippen molar-refractivity contribution in [2.45, 2.75) is 57.0 Å². The Morgan fingerprint density at radius 3 is 2.83 bits per heavy atom. The predicted octanol–water partition coefficient (Wildman–Crippen LogP) is 2.88. The fraction of sp³-hybridized carbons (Fsp3) is 0.812. The smallest absolute Gasteiger partial charge is 0.377 e. The van der Waals surface area contributed by atoms with Gasteiger partial charge in [-0.2, -0.15) is 18.3 Å². The molecule has 3 atom stereocenters. The van der Waals surface area contributed by atoms with Crippen molar-refractivity contribution in [1.82, 2.24) is 15.1 Å². The number of nitrogens with zero attached hydrogens (tertiary/aromatic N) is 2. The van der Waals surface area contributed by atoms with E-state index in [2.05, 4.69) is 10.4 Å². The van der Waals surface area contributed by atoms with Crippen LogP contribution >= 0.6 is 0 Å². The molecule has 0 aromatic carbocycles. The van der Waals surface area contributed by atoms with Gasteiger partial charge in [-0.25, -0.2) is 0 Å². The van der Waals surface area contributed by atoms with Crippen LogP contribution in [0.3, 0.4) is 0 Å². The maximum atomic E-state index is 13.1. The van der Waals surface area contributed by atoms with E-state index in [0.717, 1.165) is 25.9 Å². The normalized spacial score (nSPS) is 32.3. The average Bonchev–Trinajstić information content (AvgIpc) is 3.15. The summed E-state index contributed by atoms with van der Waals surface area (Å²) in [6.07, 6.45) is 3.06. The van der Waals surface area contributed by atoms with Gasteiger partial charge in [0.1, 0.15) is 0 Å². The Kier molecular flexibility index (Phi) is 3.50. The summed E-state index contributed by atoms with van der Waals surface area (Å²) < 4.78 is 46.4. The summed E-state index contributed by atoms with van der Waals surface area (Å²) in [5.74, 6) is 0.458. The largest absolute Gasteiger partial charge is 0.435 e. The van der Waals surface area contributed by atoms with E-state index < -0.39 is 11.9 Å². The molecule has 3 fully saturated rings. The van der Waals surface area contributed by atoms with Crippen LogP contribution in [0.25, 0.3) is 0 Å². The van der Waals surface area contributed by atoms with Crippen LogP contribution in [-0.4, -0.2) is 28.5 Å². The predicted molar refractivity (Wildman–Crippen MR) is 77.6 cm³/mol. The summed E-state index contributed by atoms with van der Waals surface area (Å²) in [6.45, 7) is 1.01. The fourth-order valence-corrected chi connectivity index (χ4v) is 5.13. The van der Waals surface area contributed by atoms with E-state index in [-0.39, 0.29) is 23.6 Å². The number of aryl methyl sites for hydroxylation is 1. The van der Waals surface area contributed by atoms with Crippen molar-refractivity contribution >= 4 is 0 Å². The molecule has 1 unspecified atom stereocenters. The highest BCUT2D eigenvalue weighted by Gasteiger charge is 2.64. The molecule has 4 nitrogen and oxygen atoms in total. The number of rotatable bonds is 3. The molecule has 4 rings (SSSR count). The Bertz CT molecular complexity index is 592. The van der Waals surface area contributed by atoms with Gasteiger partial charge in [0.25, 0.3) is 0 Å². The molecule has 1 spiro atoms. The van der Waals surface area contributed by atoms with Crippen LogP contribution in [-0.2, 0) is 24.5 Å². The van der Waals surface area contributed by atoms with Gasteiger partial charge in [0, 0.05) is 49.3 Å². The molecule has 1 aromatic rings. The molecule has 2 aliphatic carbocycles. The van der Waals surface area contributed by atoms with Crippen molar-refractivity contribution < 1.29 is 17.9 Å². The Hall–Kier alpha value is -1.08. The maximum absolute atomic E-state index is 13.1. The number of hydrogen-bond donors (Lipinski definition) is 1. The van der Waals surface area contributed by atoms with Gasteiger partial charge < -0.3 is 10.1 Å². The van der Waals surface area contributed by atoms with Gasteiger partial charge in [-0.15, -0.1) is 0 Å².